The Hall–Kier alpha value is -0.920. The molecule has 0 saturated heterocycles. The molecule has 21 heavy (non-hydrogen) atoms. The Morgan fingerprint density at radius 1 is 0.905 bits per heavy atom. The van der Waals surface area contributed by atoms with Crippen molar-refractivity contribution in [3.63, 3.8) is 0 Å². The van der Waals surface area contributed by atoms with Crippen LogP contribution in [0.4, 0.5) is 17.6 Å². The Morgan fingerprint density at radius 2 is 1.48 bits per heavy atom. The van der Waals surface area contributed by atoms with Crippen molar-refractivity contribution in [3.05, 3.63) is 67.9 Å². The molecule has 2 rings (SSSR count). The van der Waals surface area contributed by atoms with E-state index in [1.807, 2.05) is 0 Å². The summed E-state index contributed by atoms with van der Waals surface area (Å²) in [6.45, 7) is 0. The first-order chi connectivity index (χ1) is 9.68. The van der Waals surface area contributed by atoms with Crippen LogP contribution in [0.15, 0.2) is 45.3 Å². The van der Waals surface area contributed by atoms with Gasteiger partial charge in [-0.15, -0.1) is 0 Å². The van der Waals surface area contributed by atoms with Gasteiger partial charge in [0, 0.05) is 8.95 Å². The largest absolute Gasteiger partial charge is 0.419 e. The van der Waals surface area contributed by atoms with Gasteiger partial charge < -0.3 is 5.11 Å². The van der Waals surface area contributed by atoms with E-state index >= 15 is 0 Å². The van der Waals surface area contributed by atoms with Crippen molar-refractivity contribution in [2.45, 2.75) is 12.3 Å². The van der Waals surface area contributed by atoms with Crippen molar-refractivity contribution in [2.24, 2.45) is 0 Å². The topological polar surface area (TPSA) is 20.2 Å². The lowest BCUT2D eigenvalue weighted by Gasteiger charge is -2.15. The molecule has 0 bridgehead atoms. The lowest BCUT2D eigenvalue weighted by molar-refractivity contribution is -0.140. The molecule has 1 unspecified atom stereocenters. The number of halogens is 6. The van der Waals surface area contributed by atoms with Crippen molar-refractivity contribution in [2.75, 3.05) is 0 Å². The van der Waals surface area contributed by atoms with Crippen molar-refractivity contribution in [1.82, 2.24) is 0 Å². The van der Waals surface area contributed by atoms with Gasteiger partial charge in [0.25, 0.3) is 0 Å². The number of hydrogen-bond donors (Lipinski definition) is 1. The molecular weight excluding hydrogens is 420 g/mol. The van der Waals surface area contributed by atoms with Crippen LogP contribution in [0.3, 0.4) is 0 Å². The highest BCUT2D eigenvalue weighted by atomic mass is 79.9. The van der Waals surface area contributed by atoms with E-state index in [1.54, 1.807) is 18.2 Å². The monoisotopic (exact) mass is 426 g/mol. The molecule has 0 heterocycles. The highest BCUT2D eigenvalue weighted by Gasteiger charge is 2.34. The predicted molar refractivity (Wildman–Crippen MR) is 77.3 cm³/mol. The van der Waals surface area contributed by atoms with Gasteiger partial charge in [0.1, 0.15) is 11.9 Å². The van der Waals surface area contributed by atoms with Gasteiger partial charge in [0.2, 0.25) is 0 Å². The van der Waals surface area contributed by atoms with Gasteiger partial charge in [-0.1, -0.05) is 37.9 Å². The second-order valence-corrected chi connectivity index (χ2v) is 6.17. The molecule has 0 aliphatic heterocycles. The molecule has 0 saturated carbocycles. The molecule has 0 amide bonds. The van der Waals surface area contributed by atoms with E-state index in [0.29, 0.717) is 26.6 Å². The van der Waals surface area contributed by atoms with Gasteiger partial charge in [-0.3, -0.25) is 0 Å². The van der Waals surface area contributed by atoms with Crippen molar-refractivity contribution < 1.29 is 22.7 Å². The first-order valence-corrected chi connectivity index (χ1v) is 7.28. The lowest BCUT2D eigenvalue weighted by atomic mass is 9.99. The fourth-order valence-electron chi connectivity index (χ4n) is 1.86. The van der Waals surface area contributed by atoms with Crippen molar-refractivity contribution in [3.8, 4) is 0 Å². The number of rotatable bonds is 2. The highest BCUT2D eigenvalue weighted by molar-refractivity contribution is 9.11. The average molecular weight is 428 g/mol. The molecule has 2 aromatic rings. The molecule has 0 aliphatic carbocycles. The molecule has 0 fully saturated rings. The zero-order valence-corrected chi connectivity index (χ0v) is 13.4. The van der Waals surface area contributed by atoms with Gasteiger partial charge in [-0.2, -0.15) is 13.2 Å². The van der Waals surface area contributed by atoms with E-state index in [9.17, 15) is 22.7 Å². The maximum absolute atomic E-state index is 13.2. The quantitative estimate of drug-likeness (QED) is 0.631. The lowest BCUT2D eigenvalue weighted by Crippen LogP contribution is -2.10. The molecule has 2 aromatic carbocycles. The molecule has 7 heteroatoms. The Balaban J connectivity index is 2.46. The molecule has 1 nitrogen and oxygen atoms in total. The minimum atomic E-state index is -4.81. The van der Waals surface area contributed by atoms with E-state index in [2.05, 4.69) is 31.9 Å². The molecular formula is C14H8Br2F4O. The van der Waals surface area contributed by atoms with Crippen molar-refractivity contribution >= 4 is 31.9 Å². The number of aliphatic hydroxyl groups excluding tert-OH is 1. The van der Waals surface area contributed by atoms with Crippen LogP contribution in [0.1, 0.15) is 22.8 Å². The smallest absolute Gasteiger partial charge is 0.384 e. The summed E-state index contributed by atoms with van der Waals surface area (Å²) in [6, 6.07) is 7.33. The number of alkyl halides is 3. The summed E-state index contributed by atoms with van der Waals surface area (Å²) in [6.07, 6.45) is -6.10. The van der Waals surface area contributed by atoms with Gasteiger partial charge >= 0.3 is 6.18 Å². The van der Waals surface area contributed by atoms with E-state index in [4.69, 9.17) is 0 Å². The van der Waals surface area contributed by atoms with Crippen LogP contribution in [-0.2, 0) is 6.18 Å². The summed E-state index contributed by atoms with van der Waals surface area (Å²) in [4.78, 5) is 0. The number of aliphatic hydroxyl groups is 1. The average Bonchev–Trinajstić information content (AvgIpc) is 2.36. The van der Waals surface area contributed by atoms with E-state index in [0.717, 1.165) is 6.07 Å². The van der Waals surface area contributed by atoms with Crippen LogP contribution in [0.5, 0.6) is 0 Å². The summed E-state index contributed by atoms with van der Waals surface area (Å²) in [7, 11) is 0. The summed E-state index contributed by atoms with van der Waals surface area (Å²) in [5, 5.41) is 10.2. The first-order valence-electron chi connectivity index (χ1n) is 5.69. The molecule has 0 aromatic heterocycles. The summed E-state index contributed by atoms with van der Waals surface area (Å²) < 4.78 is 52.6. The predicted octanol–water partition coefficient (Wildman–Crippen LogP) is 5.45. The third kappa shape index (κ3) is 3.84. The maximum atomic E-state index is 13.2. The minimum absolute atomic E-state index is 0.0336. The molecule has 1 atom stereocenters. The fourth-order valence-corrected chi connectivity index (χ4v) is 3.18. The van der Waals surface area contributed by atoms with Crippen molar-refractivity contribution in [1.29, 1.82) is 0 Å². The van der Waals surface area contributed by atoms with Crippen LogP contribution in [0, 0.1) is 5.82 Å². The molecule has 0 spiro atoms. The third-order valence-electron chi connectivity index (χ3n) is 2.81. The normalized spacial score (nSPS) is 13.3. The molecule has 0 radical (unpaired) electrons. The SMILES string of the molecule is OC(c1cc(Br)cc(Br)c1)c1ccc(F)c(C(F)(F)F)c1. The van der Waals surface area contributed by atoms with E-state index in [1.165, 1.54) is 0 Å². The fraction of sp³-hybridized carbons (Fsp3) is 0.143. The second kappa shape index (κ2) is 6.06. The van der Waals surface area contributed by atoms with Crippen LogP contribution >= 0.6 is 31.9 Å². The number of hydrogen-bond acceptors (Lipinski definition) is 1. The van der Waals surface area contributed by atoms with Crippen LogP contribution in [0.25, 0.3) is 0 Å². The zero-order valence-electron chi connectivity index (χ0n) is 10.3. The Bertz CT molecular complexity index is 650. The summed E-state index contributed by atoms with van der Waals surface area (Å²) in [5.41, 5.74) is -1.04. The van der Waals surface area contributed by atoms with Crippen LogP contribution < -0.4 is 0 Å². The Morgan fingerprint density at radius 3 is 2.00 bits per heavy atom. The maximum Gasteiger partial charge on any atom is 0.419 e. The molecule has 1 N–H and O–H groups in total. The standard InChI is InChI=1S/C14H8Br2F4O/c15-9-3-8(4-10(16)6-9)13(21)7-1-2-12(17)11(5-7)14(18,19)20/h1-6,13,21H. The van der Waals surface area contributed by atoms with Gasteiger partial charge in [0.05, 0.1) is 5.56 Å². The van der Waals surface area contributed by atoms with Crippen LogP contribution in [-0.4, -0.2) is 5.11 Å². The first kappa shape index (κ1) is 16.5. The minimum Gasteiger partial charge on any atom is -0.384 e. The Labute approximate surface area is 134 Å². The summed E-state index contributed by atoms with van der Waals surface area (Å²) in [5.74, 6) is -1.37. The third-order valence-corrected chi connectivity index (χ3v) is 3.73. The number of benzene rings is 2. The van der Waals surface area contributed by atoms with E-state index < -0.39 is 23.7 Å². The van der Waals surface area contributed by atoms with Gasteiger partial charge in [-0.25, -0.2) is 4.39 Å². The Kier molecular flexibility index (Phi) is 4.75. The second-order valence-electron chi connectivity index (χ2n) is 4.34. The van der Waals surface area contributed by atoms with E-state index in [-0.39, 0.29) is 5.56 Å². The summed E-state index contributed by atoms with van der Waals surface area (Å²) >= 11 is 6.46. The molecule has 0 aliphatic rings. The van der Waals surface area contributed by atoms with Crippen LogP contribution in [0.2, 0.25) is 0 Å². The zero-order chi connectivity index (χ0) is 15.8. The highest BCUT2D eigenvalue weighted by Crippen LogP contribution is 2.35. The van der Waals surface area contributed by atoms with Gasteiger partial charge in [-0.05, 0) is 41.5 Å². The molecule has 112 valence electrons. The van der Waals surface area contributed by atoms with Gasteiger partial charge in [0.15, 0.2) is 0 Å².